The van der Waals surface area contributed by atoms with Crippen LogP contribution in [0.25, 0.3) is 0 Å². The Kier molecular flexibility index (Phi) is 5.17. The summed E-state index contributed by atoms with van der Waals surface area (Å²) in [6, 6.07) is 0. The third-order valence-corrected chi connectivity index (χ3v) is 2.60. The van der Waals surface area contributed by atoms with Crippen LogP contribution in [-0.2, 0) is 4.79 Å². The Morgan fingerprint density at radius 3 is 1.48 bits per heavy atom. The second-order valence-corrected chi connectivity index (χ2v) is 4.29. The summed E-state index contributed by atoms with van der Waals surface area (Å²) in [6.07, 6.45) is -2.10. The van der Waals surface area contributed by atoms with Crippen LogP contribution < -0.4 is 5.73 Å². The number of nitrogens with two attached hydrogens (primary N) is 1. The first-order chi connectivity index (χ1) is 9.00. The fourth-order valence-corrected chi connectivity index (χ4v) is 1.36. The van der Waals surface area contributed by atoms with Crippen molar-refractivity contribution < 1.29 is 48.7 Å². The Morgan fingerprint density at radius 2 is 1.19 bits per heavy atom. The molecule has 0 radical (unpaired) electrons. The normalized spacial score (nSPS) is 15.2. The zero-order valence-electron chi connectivity index (χ0n) is 9.63. The largest absolute Gasteiger partial charge is 0.392 e. The lowest BCUT2D eigenvalue weighted by Crippen LogP contribution is -2.69. The van der Waals surface area contributed by atoms with E-state index in [1.165, 1.54) is 0 Å². The first-order valence-electron chi connectivity index (χ1n) is 4.80. The highest BCUT2D eigenvalue weighted by molar-refractivity contribution is 7.80. The second-order valence-electron chi connectivity index (χ2n) is 3.84. The van der Waals surface area contributed by atoms with E-state index in [-0.39, 0.29) is 0 Å². The van der Waals surface area contributed by atoms with Gasteiger partial charge < -0.3 is 5.73 Å². The van der Waals surface area contributed by atoms with Crippen molar-refractivity contribution in [1.82, 2.24) is 0 Å². The maximum atomic E-state index is 13.0. The van der Waals surface area contributed by atoms with Crippen LogP contribution in [0.4, 0.5) is 43.9 Å². The van der Waals surface area contributed by atoms with Gasteiger partial charge in [0.25, 0.3) is 5.91 Å². The van der Waals surface area contributed by atoms with Crippen molar-refractivity contribution in [2.75, 3.05) is 5.75 Å². The van der Waals surface area contributed by atoms with Gasteiger partial charge >= 0.3 is 29.6 Å². The summed E-state index contributed by atoms with van der Waals surface area (Å²) in [4.78, 5) is 10.0. The number of primary amides is 1. The van der Waals surface area contributed by atoms with Crippen molar-refractivity contribution >= 4 is 18.5 Å². The first kappa shape index (κ1) is 20.1. The van der Waals surface area contributed by atoms with E-state index < -0.39 is 47.7 Å². The highest BCUT2D eigenvalue weighted by atomic mass is 32.1. The predicted molar refractivity (Wildman–Crippen MR) is 52.4 cm³/mol. The fourth-order valence-electron chi connectivity index (χ4n) is 1.08. The number of hydrogen-bond acceptors (Lipinski definition) is 2. The van der Waals surface area contributed by atoms with Gasteiger partial charge in [0.1, 0.15) is 0 Å². The minimum atomic E-state index is -7.26. The van der Waals surface area contributed by atoms with Gasteiger partial charge in [0.2, 0.25) is 0 Å². The maximum Gasteiger partial charge on any atom is 0.392 e. The summed E-state index contributed by atoms with van der Waals surface area (Å²) in [5.74, 6) is -38.0. The molecular weight excluding hydrogens is 348 g/mol. The Labute approximate surface area is 116 Å². The molecule has 0 atom stereocenters. The van der Waals surface area contributed by atoms with Crippen molar-refractivity contribution in [3.63, 3.8) is 0 Å². The van der Waals surface area contributed by atoms with E-state index in [0.717, 1.165) is 0 Å². The molecule has 0 aromatic rings. The Bertz CT molecular complexity index is 410. The minimum absolute atomic E-state index is 1.13. The molecule has 0 saturated heterocycles. The molecule has 13 heteroatoms. The van der Waals surface area contributed by atoms with E-state index in [2.05, 4.69) is 18.4 Å². The molecule has 0 aliphatic rings. The number of thiol groups is 1. The third kappa shape index (κ3) is 2.75. The van der Waals surface area contributed by atoms with Crippen LogP contribution in [0.2, 0.25) is 0 Å². The van der Waals surface area contributed by atoms with Crippen LogP contribution >= 0.6 is 12.6 Å². The lowest BCUT2D eigenvalue weighted by Gasteiger charge is -2.38. The van der Waals surface area contributed by atoms with Gasteiger partial charge in [0, 0.05) is 6.42 Å². The van der Waals surface area contributed by atoms with Crippen LogP contribution in [-0.4, -0.2) is 41.3 Å². The van der Waals surface area contributed by atoms with E-state index in [9.17, 15) is 48.7 Å². The summed E-state index contributed by atoms with van der Waals surface area (Å²) in [5.41, 5.74) is 3.72. The van der Waals surface area contributed by atoms with Gasteiger partial charge in [-0.1, -0.05) is 0 Å². The van der Waals surface area contributed by atoms with Crippen LogP contribution in [0.1, 0.15) is 6.42 Å². The van der Waals surface area contributed by atoms with Crippen LogP contribution in [0.5, 0.6) is 0 Å². The van der Waals surface area contributed by atoms with E-state index >= 15 is 0 Å². The number of carbonyl (C=O) groups excluding carboxylic acids is 1. The summed E-state index contributed by atoms with van der Waals surface area (Å²) >= 11 is 3.04. The lowest BCUT2D eigenvalue weighted by molar-refractivity contribution is -0.394. The zero-order valence-corrected chi connectivity index (χ0v) is 10.5. The molecular formula is C8H7F10NOS. The van der Waals surface area contributed by atoms with Gasteiger partial charge in [-0.05, 0) is 5.75 Å². The van der Waals surface area contributed by atoms with Gasteiger partial charge in [-0.3, -0.25) is 4.79 Å². The molecule has 0 aliphatic heterocycles. The van der Waals surface area contributed by atoms with Gasteiger partial charge in [0.15, 0.2) is 0 Å². The van der Waals surface area contributed by atoms with Crippen LogP contribution in [0.15, 0.2) is 0 Å². The molecule has 1 amide bonds. The number of hydrogen-bond donors (Lipinski definition) is 2. The highest BCUT2D eigenvalue weighted by Gasteiger charge is 2.87. The van der Waals surface area contributed by atoms with Gasteiger partial charge in [-0.15, -0.1) is 0 Å². The molecule has 0 bridgehead atoms. The molecule has 0 fully saturated rings. The first-order valence-corrected chi connectivity index (χ1v) is 5.43. The van der Waals surface area contributed by atoms with Crippen molar-refractivity contribution in [3.8, 4) is 0 Å². The monoisotopic (exact) mass is 355 g/mol. The SMILES string of the molecule is NC(=O)C(F)(F)C(F)(F)C(F)(F)C(F)(F)C(F)(F)CCS. The Balaban J connectivity index is 6.02. The van der Waals surface area contributed by atoms with Crippen molar-refractivity contribution in [2.45, 2.75) is 36.0 Å². The van der Waals surface area contributed by atoms with E-state index in [1.54, 1.807) is 0 Å². The topological polar surface area (TPSA) is 43.1 Å². The Hall–Kier alpha value is -0.880. The smallest absolute Gasteiger partial charge is 0.364 e. The Morgan fingerprint density at radius 1 is 0.810 bits per heavy atom. The fraction of sp³-hybridized carbons (Fsp3) is 0.875. The van der Waals surface area contributed by atoms with Crippen molar-refractivity contribution in [3.05, 3.63) is 0 Å². The highest BCUT2D eigenvalue weighted by Crippen LogP contribution is 2.57. The summed E-state index contributed by atoms with van der Waals surface area (Å²) in [5, 5.41) is 0. The molecule has 0 rings (SSSR count). The minimum Gasteiger partial charge on any atom is -0.364 e. The molecule has 0 aromatic carbocycles. The second kappa shape index (κ2) is 5.39. The number of amides is 1. The van der Waals surface area contributed by atoms with Crippen LogP contribution in [0, 0.1) is 0 Å². The van der Waals surface area contributed by atoms with E-state index in [0.29, 0.717) is 0 Å². The maximum absolute atomic E-state index is 13.0. The molecule has 0 aliphatic carbocycles. The number of carbonyl (C=O) groups is 1. The quantitative estimate of drug-likeness (QED) is 0.535. The van der Waals surface area contributed by atoms with Crippen molar-refractivity contribution in [1.29, 1.82) is 0 Å². The van der Waals surface area contributed by atoms with Crippen LogP contribution in [0.3, 0.4) is 0 Å². The standard InChI is InChI=1S/C8H7F10NOS/c9-4(10,1-2-21)6(13,14)8(17,18)7(15,16)5(11,12)3(19)20/h21H,1-2H2,(H2,19,20). The molecule has 21 heavy (non-hydrogen) atoms. The molecule has 126 valence electrons. The molecule has 0 spiro atoms. The lowest BCUT2D eigenvalue weighted by atomic mass is 9.93. The predicted octanol–water partition coefficient (Wildman–Crippen LogP) is 2.97. The molecule has 2 nitrogen and oxygen atoms in total. The van der Waals surface area contributed by atoms with Crippen molar-refractivity contribution in [2.24, 2.45) is 5.73 Å². The van der Waals surface area contributed by atoms with Gasteiger partial charge in [-0.2, -0.15) is 56.5 Å². The summed E-state index contributed by atoms with van der Waals surface area (Å²) in [7, 11) is 0. The average Bonchev–Trinajstić information content (AvgIpc) is 2.27. The number of halogens is 10. The zero-order chi connectivity index (χ0) is 17.5. The van der Waals surface area contributed by atoms with Gasteiger partial charge in [0.05, 0.1) is 0 Å². The van der Waals surface area contributed by atoms with Gasteiger partial charge in [-0.25, -0.2) is 0 Å². The summed E-state index contributed by atoms with van der Waals surface area (Å²) in [6.45, 7) is 0. The van der Waals surface area contributed by atoms with E-state index in [4.69, 9.17) is 0 Å². The molecule has 0 heterocycles. The number of alkyl halides is 10. The average molecular weight is 355 g/mol. The third-order valence-electron chi connectivity index (χ3n) is 2.38. The molecule has 0 unspecified atom stereocenters. The number of rotatable bonds is 7. The molecule has 2 N–H and O–H groups in total. The molecule has 0 saturated carbocycles. The van der Waals surface area contributed by atoms with E-state index in [1.807, 2.05) is 0 Å². The molecule has 0 aromatic heterocycles. The summed E-state index contributed by atoms with van der Waals surface area (Å²) < 4.78 is 129.